The monoisotopic (exact) mass is 628 g/mol. The van der Waals surface area contributed by atoms with Crippen molar-refractivity contribution in [1.82, 2.24) is 25.5 Å². The largest absolute Gasteiger partial charge is 0.384 e. The second-order valence-electron chi connectivity index (χ2n) is 13.0. The van der Waals surface area contributed by atoms with E-state index < -0.39 is 0 Å². The van der Waals surface area contributed by atoms with Gasteiger partial charge in [0.2, 0.25) is 5.91 Å². The number of anilines is 1. The second kappa shape index (κ2) is 14.4. The molecule has 3 heterocycles. The summed E-state index contributed by atoms with van der Waals surface area (Å²) >= 11 is 0. The molecule has 4 N–H and O–H groups in total. The van der Waals surface area contributed by atoms with Crippen molar-refractivity contribution in [2.45, 2.75) is 51.5 Å². The van der Waals surface area contributed by atoms with Gasteiger partial charge in [0.15, 0.2) is 0 Å². The number of hydrogen-bond acceptors (Lipinski definition) is 5. The quantitative estimate of drug-likeness (QED) is 0.127. The first kappa shape index (κ1) is 30.9. The molecule has 5 aromatic rings. The molecule has 1 aliphatic carbocycles. The Morgan fingerprint density at radius 2 is 1.68 bits per heavy atom. The van der Waals surface area contributed by atoms with Gasteiger partial charge in [0.1, 0.15) is 0 Å². The van der Waals surface area contributed by atoms with Crippen LogP contribution in [-0.4, -0.2) is 59.4 Å². The number of para-hydroxylation sites is 2. The summed E-state index contributed by atoms with van der Waals surface area (Å²) < 4.78 is 0. The maximum Gasteiger partial charge on any atom is 0.251 e. The van der Waals surface area contributed by atoms with E-state index in [1.165, 1.54) is 46.1 Å². The highest BCUT2D eigenvalue weighted by atomic mass is 16.2. The Balaban J connectivity index is 0.825. The second-order valence-corrected chi connectivity index (χ2v) is 13.0. The van der Waals surface area contributed by atoms with Crippen LogP contribution >= 0.6 is 0 Å². The molecule has 242 valence electrons. The minimum atomic E-state index is -0.0574. The van der Waals surface area contributed by atoms with Crippen LogP contribution in [-0.2, 0) is 30.6 Å². The number of nitrogens with one attached hydrogen (secondary N) is 4. The summed E-state index contributed by atoms with van der Waals surface area (Å²) in [4.78, 5) is 36.3. The van der Waals surface area contributed by atoms with Gasteiger partial charge in [-0.2, -0.15) is 0 Å². The molecule has 7 rings (SSSR count). The molecule has 2 aromatic heterocycles. The standard InChI is InChI=1S/C39H44N6O2/c46-38(42-22-18-29-24-43-34-11-4-1-8-31(29)34)28-16-14-27(15-17-28)25-45-23-19-30(26-45)39(47)41-21-7-20-40-37-32-9-2-5-12-35(32)44-36-13-6-3-10-33(36)37/h1-2,4-5,8-9,11-12,14-17,24,30,43H,3,6-7,10,13,18-23,25-26H2,(H,40,44)(H,41,47)(H,42,46)/t30-/m1/s1. The lowest BCUT2D eigenvalue weighted by molar-refractivity contribution is -0.124. The zero-order valence-corrected chi connectivity index (χ0v) is 27.0. The molecule has 47 heavy (non-hydrogen) atoms. The summed E-state index contributed by atoms with van der Waals surface area (Å²) in [5, 5.41) is 12.3. The number of likely N-dealkylation sites (tertiary alicyclic amines) is 1. The Hall–Kier alpha value is -4.69. The van der Waals surface area contributed by atoms with E-state index >= 15 is 0 Å². The van der Waals surface area contributed by atoms with Crippen molar-refractivity contribution in [1.29, 1.82) is 0 Å². The maximum atomic E-state index is 13.0. The van der Waals surface area contributed by atoms with Crippen molar-refractivity contribution in [2.75, 3.05) is 38.0 Å². The van der Waals surface area contributed by atoms with E-state index in [1.807, 2.05) is 42.6 Å². The van der Waals surface area contributed by atoms with Gasteiger partial charge < -0.3 is 20.9 Å². The molecule has 0 saturated carbocycles. The molecule has 3 aromatic carbocycles. The van der Waals surface area contributed by atoms with Crippen molar-refractivity contribution >= 4 is 39.3 Å². The highest BCUT2D eigenvalue weighted by molar-refractivity contribution is 5.94. The highest BCUT2D eigenvalue weighted by Gasteiger charge is 2.28. The average Bonchev–Trinajstić information content (AvgIpc) is 3.75. The molecule has 8 heteroatoms. The molecule has 2 amide bonds. The summed E-state index contributed by atoms with van der Waals surface area (Å²) in [7, 11) is 0. The fourth-order valence-electron chi connectivity index (χ4n) is 7.19. The van der Waals surface area contributed by atoms with Gasteiger partial charge in [-0.25, -0.2) is 0 Å². The number of rotatable bonds is 12. The molecule has 0 spiro atoms. The number of aryl methyl sites for hydroxylation is 1. The number of benzene rings is 3. The molecule has 1 saturated heterocycles. The third-order valence-electron chi connectivity index (χ3n) is 9.74. The molecule has 0 radical (unpaired) electrons. The molecule has 1 aliphatic heterocycles. The van der Waals surface area contributed by atoms with E-state index in [0.717, 1.165) is 74.9 Å². The van der Waals surface area contributed by atoms with Crippen molar-refractivity contribution in [2.24, 2.45) is 5.92 Å². The van der Waals surface area contributed by atoms with Crippen molar-refractivity contribution in [3.05, 3.63) is 107 Å². The summed E-state index contributed by atoms with van der Waals surface area (Å²) in [6, 6.07) is 24.5. The lowest BCUT2D eigenvalue weighted by Gasteiger charge is -2.21. The number of amides is 2. The fourth-order valence-corrected chi connectivity index (χ4v) is 7.19. The Bertz CT molecular complexity index is 1860. The number of pyridine rings is 1. The van der Waals surface area contributed by atoms with Crippen LogP contribution in [0.3, 0.4) is 0 Å². The molecule has 2 aliphatic rings. The van der Waals surface area contributed by atoms with Crippen molar-refractivity contribution in [3.8, 4) is 0 Å². The number of carbonyl (C=O) groups is 2. The third kappa shape index (κ3) is 7.18. The number of fused-ring (bicyclic) bond motifs is 3. The van der Waals surface area contributed by atoms with Crippen LogP contribution in [0.25, 0.3) is 21.8 Å². The first-order chi connectivity index (χ1) is 23.1. The van der Waals surface area contributed by atoms with Gasteiger partial charge in [-0.15, -0.1) is 0 Å². The average molecular weight is 629 g/mol. The van der Waals surface area contributed by atoms with Gasteiger partial charge in [0, 0.05) is 72.2 Å². The van der Waals surface area contributed by atoms with Gasteiger partial charge in [-0.05, 0) is 92.4 Å². The smallest absolute Gasteiger partial charge is 0.251 e. The molecule has 0 unspecified atom stereocenters. The Morgan fingerprint density at radius 1 is 0.872 bits per heavy atom. The van der Waals surface area contributed by atoms with Crippen LogP contribution in [0.5, 0.6) is 0 Å². The topological polar surface area (TPSA) is 102 Å². The summed E-state index contributed by atoms with van der Waals surface area (Å²) in [6.07, 6.45) is 9.10. The lowest BCUT2D eigenvalue weighted by atomic mass is 9.92. The normalized spacial score (nSPS) is 16.3. The van der Waals surface area contributed by atoms with Gasteiger partial charge in [-0.1, -0.05) is 48.5 Å². The van der Waals surface area contributed by atoms with Crippen LogP contribution in [0.4, 0.5) is 5.69 Å². The zero-order valence-electron chi connectivity index (χ0n) is 27.0. The molecule has 0 bridgehead atoms. The predicted molar refractivity (Wildman–Crippen MR) is 189 cm³/mol. The number of H-pyrrole nitrogens is 1. The SMILES string of the molecule is O=C(NCCc1c[nH]c2ccccc12)c1ccc(CN2CC[C@@H](C(=O)NCCCNc3c4c(nc5ccccc35)CCCC4)C2)cc1. The summed E-state index contributed by atoms with van der Waals surface area (Å²) in [6.45, 7) is 4.50. The van der Waals surface area contributed by atoms with Crippen LogP contribution in [0.15, 0.2) is 79.0 Å². The zero-order chi connectivity index (χ0) is 32.0. The van der Waals surface area contributed by atoms with Crippen LogP contribution < -0.4 is 16.0 Å². The Kier molecular flexibility index (Phi) is 9.47. The van der Waals surface area contributed by atoms with Gasteiger partial charge >= 0.3 is 0 Å². The molecular weight excluding hydrogens is 584 g/mol. The van der Waals surface area contributed by atoms with Crippen LogP contribution in [0, 0.1) is 5.92 Å². The van der Waals surface area contributed by atoms with Crippen molar-refractivity contribution in [3.63, 3.8) is 0 Å². The van der Waals surface area contributed by atoms with E-state index in [-0.39, 0.29) is 17.7 Å². The number of aromatic nitrogens is 2. The Morgan fingerprint density at radius 3 is 2.57 bits per heavy atom. The number of nitrogens with zero attached hydrogens (tertiary/aromatic N) is 2. The number of aromatic amines is 1. The van der Waals surface area contributed by atoms with Gasteiger partial charge in [0.25, 0.3) is 5.91 Å². The number of hydrogen-bond donors (Lipinski definition) is 4. The molecule has 1 atom stereocenters. The highest BCUT2D eigenvalue weighted by Crippen LogP contribution is 2.33. The lowest BCUT2D eigenvalue weighted by Crippen LogP contribution is -2.33. The number of carbonyl (C=O) groups excluding carboxylic acids is 2. The third-order valence-corrected chi connectivity index (χ3v) is 9.74. The minimum absolute atomic E-state index is 0.0151. The fraction of sp³-hybridized carbons (Fsp3) is 0.359. The van der Waals surface area contributed by atoms with Crippen LogP contribution in [0.1, 0.15) is 58.4 Å². The maximum absolute atomic E-state index is 13.0. The van der Waals surface area contributed by atoms with Crippen LogP contribution in [0.2, 0.25) is 0 Å². The first-order valence-corrected chi connectivity index (χ1v) is 17.2. The first-order valence-electron chi connectivity index (χ1n) is 17.2. The summed E-state index contributed by atoms with van der Waals surface area (Å²) in [5.74, 6) is 0.109. The van der Waals surface area contributed by atoms with Crippen molar-refractivity contribution < 1.29 is 9.59 Å². The van der Waals surface area contributed by atoms with E-state index in [2.05, 4.69) is 62.2 Å². The Labute approximate surface area is 276 Å². The molecular formula is C39H44N6O2. The van der Waals surface area contributed by atoms with E-state index in [4.69, 9.17) is 4.98 Å². The minimum Gasteiger partial charge on any atom is -0.384 e. The van der Waals surface area contributed by atoms with Gasteiger partial charge in [0.05, 0.1) is 11.4 Å². The predicted octanol–water partition coefficient (Wildman–Crippen LogP) is 6.01. The van der Waals surface area contributed by atoms with Gasteiger partial charge in [-0.3, -0.25) is 19.5 Å². The summed E-state index contributed by atoms with van der Waals surface area (Å²) in [5.41, 5.74) is 9.05. The van der Waals surface area contributed by atoms with E-state index in [1.54, 1.807) is 0 Å². The molecule has 1 fully saturated rings. The van der Waals surface area contributed by atoms with E-state index in [0.29, 0.717) is 18.7 Å². The molecule has 8 nitrogen and oxygen atoms in total. The van der Waals surface area contributed by atoms with E-state index in [9.17, 15) is 9.59 Å².